The molecule has 0 unspecified atom stereocenters. The standard InChI is InChI=1S/C51H30N4Si/c1-53-37-17-23-40(24-18-37)56(39-21-14-34(32-52)15-22-39,41-25-19-38(54-2)20-26-41)42-9-7-8-35(30-42)36-16-27-45-46-28-29-55-33-50(46)51(49(45)31-36)47-12-5-3-10-43(47)44-11-4-6-13-48(44)51/h3-31,33H. The van der Waals surface area contributed by atoms with Crippen LogP contribution in [0.15, 0.2) is 182 Å². The van der Waals surface area contributed by atoms with Gasteiger partial charge in [0.15, 0.2) is 19.4 Å². The zero-order chi connectivity index (χ0) is 37.9. The van der Waals surface area contributed by atoms with E-state index < -0.39 is 13.5 Å². The van der Waals surface area contributed by atoms with Crippen LogP contribution in [-0.2, 0) is 5.41 Å². The van der Waals surface area contributed by atoms with Crippen molar-refractivity contribution < 1.29 is 0 Å². The molecule has 8 aromatic rings. The second kappa shape index (κ2) is 12.8. The van der Waals surface area contributed by atoms with Gasteiger partial charge in [0.05, 0.1) is 30.2 Å². The van der Waals surface area contributed by atoms with E-state index in [4.69, 9.17) is 18.1 Å². The van der Waals surface area contributed by atoms with Crippen LogP contribution in [-0.4, -0.2) is 13.1 Å². The molecule has 1 aromatic heterocycles. The minimum Gasteiger partial charge on any atom is -0.264 e. The van der Waals surface area contributed by atoms with Gasteiger partial charge in [-0.3, -0.25) is 4.98 Å². The van der Waals surface area contributed by atoms with Crippen LogP contribution in [0.4, 0.5) is 11.4 Å². The summed E-state index contributed by atoms with van der Waals surface area (Å²) in [5, 5.41) is 14.3. The zero-order valence-corrected chi connectivity index (χ0v) is 31.1. The molecule has 258 valence electrons. The number of rotatable bonds is 5. The van der Waals surface area contributed by atoms with E-state index in [1.165, 1.54) is 44.5 Å². The maximum atomic E-state index is 9.77. The molecule has 0 N–H and O–H groups in total. The van der Waals surface area contributed by atoms with Crippen LogP contribution in [0.2, 0.25) is 0 Å². The Balaban J connectivity index is 1.23. The number of hydrogen-bond donors (Lipinski definition) is 0. The molecule has 2 aliphatic rings. The second-order valence-corrected chi connectivity index (χ2v) is 18.2. The average Bonchev–Trinajstić information content (AvgIpc) is 3.74. The fourth-order valence-corrected chi connectivity index (χ4v) is 14.2. The first-order valence-corrected chi connectivity index (χ1v) is 20.5. The van der Waals surface area contributed by atoms with Crippen molar-refractivity contribution in [2.45, 2.75) is 5.41 Å². The van der Waals surface area contributed by atoms with Gasteiger partial charge < -0.3 is 0 Å². The second-order valence-electron chi connectivity index (χ2n) is 14.4. The lowest BCUT2D eigenvalue weighted by Crippen LogP contribution is -2.74. The monoisotopic (exact) mass is 726 g/mol. The van der Waals surface area contributed by atoms with Gasteiger partial charge >= 0.3 is 0 Å². The molecule has 0 saturated carbocycles. The molecular formula is C51H30N4Si. The predicted molar refractivity (Wildman–Crippen MR) is 227 cm³/mol. The third-order valence-electron chi connectivity index (χ3n) is 11.8. The Kier molecular flexibility index (Phi) is 7.51. The summed E-state index contributed by atoms with van der Waals surface area (Å²) < 4.78 is 0. The van der Waals surface area contributed by atoms with Crippen molar-refractivity contribution in [1.29, 1.82) is 5.26 Å². The van der Waals surface area contributed by atoms with Gasteiger partial charge in [0, 0.05) is 12.4 Å². The molecule has 2 aliphatic carbocycles. The number of hydrogen-bond acceptors (Lipinski definition) is 2. The average molecular weight is 727 g/mol. The van der Waals surface area contributed by atoms with Gasteiger partial charge in [-0.2, -0.15) is 5.26 Å². The Morgan fingerprint density at radius 3 is 1.61 bits per heavy atom. The molecule has 1 heterocycles. The summed E-state index contributed by atoms with van der Waals surface area (Å²) in [6.45, 7) is 15.4. The van der Waals surface area contributed by atoms with Gasteiger partial charge in [-0.25, -0.2) is 9.69 Å². The van der Waals surface area contributed by atoms with E-state index in [1.807, 2.05) is 42.6 Å². The van der Waals surface area contributed by atoms with Crippen LogP contribution in [0.25, 0.3) is 43.1 Å². The van der Waals surface area contributed by atoms with E-state index in [2.05, 4.69) is 155 Å². The quantitative estimate of drug-likeness (QED) is 0.101. The smallest absolute Gasteiger partial charge is 0.187 e. The van der Waals surface area contributed by atoms with Gasteiger partial charge in [0.1, 0.15) is 0 Å². The number of pyridine rings is 1. The van der Waals surface area contributed by atoms with Crippen molar-refractivity contribution in [3.8, 4) is 39.4 Å². The molecule has 0 fully saturated rings. The molecule has 5 heteroatoms. The highest BCUT2D eigenvalue weighted by Crippen LogP contribution is 2.62. The number of aromatic nitrogens is 1. The Morgan fingerprint density at radius 2 is 1.02 bits per heavy atom. The lowest BCUT2D eigenvalue weighted by atomic mass is 9.70. The number of benzene rings is 7. The Hall–Kier alpha value is -7.62. The zero-order valence-electron chi connectivity index (χ0n) is 30.1. The summed E-state index contributed by atoms with van der Waals surface area (Å²) in [6.07, 6.45) is 3.96. The Labute approximate surface area is 326 Å². The Morgan fingerprint density at radius 1 is 0.482 bits per heavy atom. The van der Waals surface area contributed by atoms with Crippen molar-refractivity contribution >= 4 is 40.2 Å². The Bertz CT molecular complexity index is 2800. The van der Waals surface area contributed by atoms with Crippen LogP contribution in [0.1, 0.15) is 27.8 Å². The summed E-state index contributed by atoms with van der Waals surface area (Å²) in [5.74, 6) is 0. The van der Waals surface area contributed by atoms with Crippen molar-refractivity contribution in [1.82, 2.24) is 4.98 Å². The van der Waals surface area contributed by atoms with Crippen molar-refractivity contribution in [2.24, 2.45) is 0 Å². The van der Waals surface area contributed by atoms with Gasteiger partial charge in [-0.05, 0) is 101 Å². The topological polar surface area (TPSA) is 45.4 Å². The highest BCUT2D eigenvalue weighted by molar-refractivity contribution is 7.20. The first-order valence-electron chi connectivity index (χ1n) is 18.5. The van der Waals surface area contributed by atoms with Crippen molar-refractivity contribution in [2.75, 3.05) is 0 Å². The number of fused-ring (bicyclic) bond motifs is 10. The van der Waals surface area contributed by atoms with Crippen molar-refractivity contribution in [3.63, 3.8) is 0 Å². The van der Waals surface area contributed by atoms with E-state index in [0.29, 0.717) is 16.9 Å². The highest BCUT2D eigenvalue weighted by atomic mass is 28.3. The van der Waals surface area contributed by atoms with Crippen LogP contribution in [0.3, 0.4) is 0 Å². The van der Waals surface area contributed by atoms with Crippen LogP contribution >= 0.6 is 0 Å². The molecule has 0 atom stereocenters. The third-order valence-corrected chi connectivity index (χ3v) is 16.6. The molecule has 10 rings (SSSR count). The molecule has 0 amide bonds. The fourth-order valence-electron chi connectivity index (χ4n) is 9.46. The molecule has 0 saturated heterocycles. The first kappa shape index (κ1) is 33.0. The summed E-state index contributed by atoms with van der Waals surface area (Å²) in [4.78, 5) is 12.1. The molecule has 4 nitrogen and oxygen atoms in total. The van der Waals surface area contributed by atoms with Gasteiger partial charge in [0.25, 0.3) is 0 Å². The number of nitriles is 1. The van der Waals surface area contributed by atoms with E-state index in [1.54, 1.807) is 0 Å². The van der Waals surface area contributed by atoms with Crippen LogP contribution in [0, 0.1) is 24.5 Å². The predicted octanol–water partition coefficient (Wildman–Crippen LogP) is 9.44. The lowest BCUT2D eigenvalue weighted by molar-refractivity contribution is 0.788. The SMILES string of the molecule is [C-]#[N+]c1ccc([Si](c2ccc(C#N)cc2)(c2ccc([N+]#[C-])cc2)c2cccc(-c3ccc4c(c3)C3(c5ccccc5-c5ccccc53)c3cnccc3-4)c2)cc1. The highest BCUT2D eigenvalue weighted by Gasteiger charge is 2.52. The van der Waals surface area contributed by atoms with E-state index >= 15 is 0 Å². The number of nitrogens with zero attached hydrogens (tertiary/aromatic N) is 4. The molecular weight excluding hydrogens is 697 g/mol. The molecule has 1 spiro atoms. The summed E-state index contributed by atoms with van der Waals surface area (Å²) >= 11 is 0. The minimum absolute atomic E-state index is 0.504. The van der Waals surface area contributed by atoms with E-state index in [-0.39, 0.29) is 0 Å². The van der Waals surface area contributed by atoms with Gasteiger partial charge in [-0.1, -0.05) is 146 Å². The van der Waals surface area contributed by atoms with E-state index in [0.717, 1.165) is 31.9 Å². The fraction of sp³-hybridized carbons (Fsp3) is 0.0196. The first-order chi connectivity index (χ1) is 27.6. The normalized spacial score (nSPS) is 12.7. The lowest BCUT2D eigenvalue weighted by Gasteiger charge is -2.35. The summed E-state index contributed by atoms with van der Waals surface area (Å²) in [7, 11) is -3.09. The molecule has 0 aliphatic heterocycles. The van der Waals surface area contributed by atoms with Gasteiger partial charge in [-0.15, -0.1) is 0 Å². The summed E-state index contributed by atoms with van der Waals surface area (Å²) in [5.41, 5.74) is 13.4. The van der Waals surface area contributed by atoms with Crippen LogP contribution < -0.4 is 20.7 Å². The van der Waals surface area contributed by atoms with Gasteiger partial charge in [0.2, 0.25) is 0 Å². The molecule has 56 heavy (non-hydrogen) atoms. The molecule has 0 radical (unpaired) electrons. The molecule has 0 bridgehead atoms. The third kappa shape index (κ3) is 4.58. The minimum atomic E-state index is -3.09. The summed E-state index contributed by atoms with van der Waals surface area (Å²) in [6, 6.07) is 61.8. The molecule has 7 aromatic carbocycles. The van der Waals surface area contributed by atoms with E-state index in [9.17, 15) is 5.26 Å². The largest absolute Gasteiger partial charge is 0.264 e. The van der Waals surface area contributed by atoms with Crippen LogP contribution in [0.5, 0.6) is 0 Å². The van der Waals surface area contributed by atoms with Crippen molar-refractivity contribution in [3.05, 3.63) is 233 Å². The maximum absolute atomic E-state index is 9.77. The maximum Gasteiger partial charge on any atom is 0.187 e.